The minimum Gasteiger partial charge on any atom is -0.490 e. The standard InChI is InChI=1S/C18H22N2O4S/c1-13(2)24-17-11-6-5-10-16(17)18(21)19-14-8-7-9-15(12-14)20(3)25(4,22)23/h5-13H,1-4H3,(H,19,21). The SMILES string of the molecule is CC(C)Oc1ccccc1C(=O)Nc1cccc(N(C)S(C)(=O)=O)c1. The average Bonchev–Trinajstić information content (AvgIpc) is 2.53. The van der Waals surface area contributed by atoms with Gasteiger partial charge in [-0.25, -0.2) is 8.42 Å². The maximum absolute atomic E-state index is 12.6. The van der Waals surface area contributed by atoms with Gasteiger partial charge in [0.2, 0.25) is 10.0 Å². The van der Waals surface area contributed by atoms with Crippen molar-refractivity contribution in [3.63, 3.8) is 0 Å². The molecule has 0 aliphatic heterocycles. The Labute approximate surface area is 148 Å². The van der Waals surface area contributed by atoms with E-state index in [0.717, 1.165) is 10.6 Å². The molecule has 25 heavy (non-hydrogen) atoms. The van der Waals surface area contributed by atoms with E-state index in [1.54, 1.807) is 48.5 Å². The van der Waals surface area contributed by atoms with Crippen molar-refractivity contribution >= 4 is 27.3 Å². The van der Waals surface area contributed by atoms with Crippen LogP contribution in [0, 0.1) is 0 Å². The number of carbonyl (C=O) groups excluding carboxylic acids is 1. The normalized spacial score (nSPS) is 11.2. The molecule has 0 radical (unpaired) electrons. The fourth-order valence-corrected chi connectivity index (χ4v) is 2.68. The number of para-hydroxylation sites is 1. The predicted octanol–water partition coefficient (Wildman–Crippen LogP) is 3.12. The number of nitrogens with one attached hydrogen (secondary N) is 1. The Hall–Kier alpha value is -2.54. The predicted molar refractivity (Wildman–Crippen MR) is 99.8 cm³/mol. The summed E-state index contributed by atoms with van der Waals surface area (Å²) in [5, 5.41) is 2.78. The number of carbonyl (C=O) groups is 1. The minimum absolute atomic E-state index is 0.0549. The smallest absolute Gasteiger partial charge is 0.259 e. The van der Waals surface area contributed by atoms with Gasteiger partial charge in [0, 0.05) is 12.7 Å². The molecule has 0 aliphatic carbocycles. The van der Waals surface area contributed by atoms with Gasteiger partial charge in [0.15, 0.2) is 0 Å². The van der Waals surface area contributed by atoms with Crippen LogP contribution < -0.4 is 14.4 Å². The Morgan fingerprint density at radius 1 is 1.12 bits per heavy atom. The number of benzene rings is 2. The molecule has 0 heterocycles. The molecular weight excluding hydrogens is 340 g/mol. The van der Waals surface area contributed by atoms with Crippen LogP contribution in [0.5, 0.6) is 5.75 Å². The van der Waals surface area contributed by atoms with Gasteiger partial charge in [-0.05, 0) is 44.2 Å². The fraction of sp³-hybridized carbons (Fsp3) is 0.278. The second-order valence-electron chi connectivity index (χ2n) is 5.90. The van der Waals surface area contributed by atoms with E-state index in [9.17, 15) is 13.2 Å². The molecule has 0 saturated heterocycles. The quantitative estimate of drug-likeness (QED) is 0.857. The third-order valence-electron chi connectivity index (χ3n) is 3.46. The summed E-state index contributed by atoms with van der Waals surface area (Å²) >= 11 is 0. The average molecular weight is 362 g/mol. The van der Waals surface area contributed by atoms with Gasteiger partial charge in [-0.15, -0.1) is 0 Å². The zero-order valence-electron chi connectivity index (χ0n) is 14.7. The minimum atomic E-state index is -3.37. The van der Waals surface area contributed by atoms with E-state index in [1.165, 1.54) is 7.05 Å². The van der Waals surface area contributed by atoms with Crippen LogP contribution in [0.1, 0.15) is 24.2 Å². The lowest BCUT2D eigenvalue weighted by atomic mass is 10.1. The highest BCUT2D eigenvalue weighted by molar-refractivity contribution is 7.92. The Morgan fingerprint density at radius 3 is 2.44 bits per heavy atom. The molecule has 0 bridgehead atoms. The molecule has 0 unspecified atom stereocenters. The number of amides is 1. The highest BCUT2D eigenvalue weighted by atomic mass is 32.2. The summed E-state index contributed by atoms with van der Waals surface area (Å²) in [6.07, 6.45) is 1.07. The summed E-state index contributed by atoms with van der Waals surface area (Å²) in [4.78, 5) is 12.6. The number of ether oxygens (including phenoxy) is 1. The van der Waals surface area contributed by atoms with Crippen molar-refractivity contribution in [3.05, 3.63) is 54.1 Å². The van der Waals surface area contributed by atoms with Crippen LogP contribution >= 0.6 is 0 Å². The lowest BCUT2D eigenvalue weighted by Crippen LogP contribution is -2.25. The molecule has 2 rings (SSSR count). The van der Waals surface area contributed by atoms with Crippen LogP contribution in [-0.2, 0) is 10.0 Å². The number of hydrogen-bond donors (Lipinski definition) is 1. The third kappa shape index (κ3) is 4.96. The zero-order chi connectivity index (χ0) is 18.6. The molecule has 1 amide bonds. The van der Waals surface area contributed by atoms with Crippen molar-refractivity contribution in [1.82, 2.24) is 0 Å². The van der Waals surface area contributed by atoms with Gasteiger partial charge >= 0.3 is 0 Å². The van der Waals surface area contributed by atoms with Gasteiger partial charge in [0.1, 0.15) is 5.75 Å². The highest BCUT2D eigenvalue weighted by Crippen LogP contribution is 2.23. The first kappa shape index (κ1) is 18.8. The van der Waals surface area contributed by atoms with Gasteiger partial charge in [0.25, 0.3) is 5.91 Å². The second kappa shape index (κ2) is 7.57. The summed E-state index contributed by atoms with van der Waals surface area (Å²) in [5.41, 5.74) is 1.38. The summed E-state index contributed by atoms with van der Waals surface area (Å²) in [6, 6.07) is 13.6. The molecule has 6 nitrogen and oxygen atoms in total. The van der Waals surface area contributed by atoms with E-state index in [2.05, 4.69) is 5.32 Å². The van der Waals surface area contributed by atoms with E-state index in [1.807, 2.05) is 13.8 Å². The van der Waals surface area contributed by atoms with Crippen molar-refractivity contribution in [2.24, 2.45) is 0 Å². The van der Waals surface area contributed by atoms with Gasteiger partial charge in [-0.1, -0.05) is 18.2 Å². The Kier molecular flexibility index (Phi) is 5.69. The van der Waals surface area contributed by atoms with Gasteiger partial charge in [-0.2, -0.15) is 0 Å². The maximum atomic E-state index is 12.6. The first-order chi connectivity index (χ1) is 11.7. The monoisotopic (exact) mass is 362 g/mol. The largest absolute Gasteiger partial charge is 0.490 e. The van der Waals surface area contributed by atoms with Gasteiger partial charge < -0.3 is 10.1 Å². The van der Waals surface area contributed by atoms with Crippen LogP contribution in [0.2, 0.25) is 0 Å². The second-order valence-corrected chi connectivity index (χ2v) is 7.91. The number of anilines is 2. The third-order valence-corrected chi connectivity index (χ3v) is 4.67. The van der Waals surface area contributed by atoms with Crippen molar-refractivity contribution in [1.29, 1.82) is 0 Å². The summed E-state index contributed by atoms with van der Waals surface area (Å²) in [5.74, 6) is 0.176. The molecule has 0 saturated carbocycles. The molecule has 0 fully saturated rings. The van der Waals surface area contributed by atoms with Crippen molar-refractivity contribution in [3.8, 4) is 5.75 Å². The molecule has 2 aromatic carbocycles. The summed E-state index contributed by atoms with van der Waals surface area (Å²) in [7, 11) is -1.91. The summed E-state index contributed by atoms with van der Waals surface area (Å²) in [6.45, 7) is 3.78. The topological polar surface area (TPSA) is 75.7 Å². The highest BCUT2D eigenvalue weighted by Gasteiger charge is 2.15. The number of hydrogen-bond acceptors (Lipinski definition) is 4. The number of nitrogens with zero attached hydrogens (tertiary/aromatic N) is 1. The lowest BCUT2D eigenvalue weighted by Gasteiger charge is -2.18. The Morgan fingerprint density at radius 2 is 1.80 bits per heavy atom. The lowest BCUT2D eigenvalue weighted by molar-refractivity contribution is 0.102. The van der Waals surface area contributed by atoms with E-state index in [4.69, 9.17) is 4.74 Å². The number of rotatable bonds is 6. The first-order valence-electron chi connectivity index (χ1n) is 7.79. The van der Waals surface area contributed by atoms with Gasteiger partial charge in [0.05, 0.1) is 23.6 Å². The molecule has 0 spiro atoms. The Bertz CT molecular complexity index is 863. The van der Waals surface area contributed by atoms with E-state index >= 15 is 0 Å². The van der Waals surface area contributed by atoms with Crippen LogP contribution in [0.4, 0.5) is 11.4 Å². The van der Waals surface area contributed by atoms with Crippen LogP contribution in [-0.4, -0.2) is 33.7 Å². The van der Waals surface area contributed by atoms with E-state index < -0.39 is 10.0 Å². The molecule has 0 atom stereocenters. The van der Waals surface area contributed by atoms with Gasteiger partial charge in [-0.3, -0.25) is 9.10 Å². The molecule has 134 valence electrons. The van der Waals surface area contributed by atoms with Crippen LogP contribution in [0.3, 0.4) is 0 Å². The van der Waals surface area contributed by atoms with Crippen molar-refractivity contribution in [2.45, 2.75) is 20.0 Å². The molecule has 7 heteroatoms. The van der Waals surface area contributed by atoms with Crippen LogP contribution in [0.15, 0.2) is 48.5 Å². The van der Waals surface area contributed by atoms with Crippen LogP contribution in [0.25, 0.3) is 0 Å². The van der Waals surface area contributed by atoms with Crippen molar-refractivity contribution in [2.75, 3.05) is 22.9 Å². The molecular formula is C18H22N2O4S. The molecule has 0 aliphatic rings. The first-order valence-corrected chi connectivity index (χ1v) is 9.64. The van der Waals surface area contributed by atoms with Crippen molar-refractivity contribution < 1.29 is 17.9 Å². The Balaban J connectivity index is 2.25. The number of sulfonamides is 1. The molecule has 0 aromatic heterocycles. The maximum Gasteiger partial charge on any atom is 0.259 e. The van der Waals surface area contributed by atoms with E-state index in [0.29, 0.717) is 22.7 Å². The molecule has 1 N–H and O–H groups in total. The zero-order valence-corrected chi connectivity index (χ0v) is 15.5. The van der Waals surface area contributed by atoms with E-state index in [-0.39, 0.29) is 12.0 Å². The molecule has 2 aromatic rings. The fourth-order valence-electron chi connectivity index (χ4n) is 2.18. The summed E-state index contributed by atoms with van der Waals surface area (Å²) < 4.78 is 30.1.